The second kappa shape index (κ2) is 7.08. The van der Waals surface area contributed by atoms with Crippen LogP contribution in [-0.4, -0.2) is 12.6 Å². The van der Waals surface area contributed by atoms with Gasteiger partial charge in [-0.05, 0) is 43.9 Å². The third-order valence-corrected chi connectivity index (χ3v) is 3.27. The second-order valence-corrected chi connectivity index (χ2v) is 4.77. The van der Waals surface area contributed by atoms with Crippen LogP contribution in [0.15, 0.2) is 24.3 Å². The maximum atomic E-state index is 6.06. The Bertz CT molecular complexity index is 422. The fraction of sp³-hybridized carbons (Fsp3) is 0.500. The van der Waals surface area contributed by atoms with Gasteiger partial charge in [-0.3, -0.25) is 0 Å². The van der Waals surface area contributed by atoms with Crippen LogP contribution in [0.5, 0.6) is 5.75 Å². The molecule has 0 atom stereocenters. The van der Waals surface area contributed by atoms with E-state index >= 15 is 0 Å². The van der Waals surface area contributed by atoms with E-state index in [1.54, 1.807) is 0 Å². The Balaban J connectivity index is 1.99. The van der Waals surface area contributed by atoms with Gasteiger partial charge in [0.15, 0.2) is 0 Å². The lowest BCUT2D eigenvalue weighted by atomic mass is 10.1. The van der Waals surface area contributed by atoms with E-state index in [2.05, 4.69) is 11.8 Å². The first-order valence-corrected chi connectivity index (χ1v) is 6.84. The molecule has 96 valence electrons. The molecule has 0 spiro atoms. The fourth-order valence-electron chi connectivity index (χ4n) is 2.35. The number of ether oxygens (including phenoxy) is 1. The first-order valence-electron chi connectivity index (χ1n) is 6.84. The second-order valence-electron chi connectivity index (χ2n) is 4.77. The van der Waals surface area contributed by atoms with Crippen LogP contribution in [-0.2, 0) is 0 Å². The number of hydrogen-bond donors (Lipinski definition) is 1. The average molecular weight is 243 g/mol. The lowest BCUT2D eigenvalue weighted by Gasteiger charge is -2.17. The summed E-state index contributed by atoms with van der Waals surface area (Å²) in [6, 6.07) is 8.00. The summed E-state index contributed by atoms with van der Waals surface area (Å²) < 4.78 is 6.06. The quantitative estimate of drug-likeness (QED) is 0.640. The first kappa shape index (κ1) is 13.0. The molecule has 1 aliphatic carbocycles. The number of nitrogens with two attached hydrogens (primary N) is 1. The predicted octanol–water partition coefficient (Wildman–Crippen LogP) is 3.10. The molecule has 0 aromatic heterocycles. The fourth-order valence-corrected chi connectivity index (χ4v) is 2.35. The summed E-state index contributed by atoms with van der Waals surface area (Å²) in [6.45, 7) is 0.397. The van der Waals surface area contributed by atoms with Gasteiger partial charge in [0.2, 0.25) is 0 Å². The number of rotatable bonds is 2. The van der Waals surface area contributed by atoms with E-state index in [9.17, 15) is 0 Å². The van der Waals surface area contributed by atoms with Gasteiger partial charge in [-0.2, -0.15) is 0 Å². The van der Waals surface area contributed by atoms with Gasteiger partial charge in [0, 0.05) is 5.56 Å². The Hall–Kier alpha value is -1.46. The zero-order valence-electron chi connectivity index (χ0n) is 10.8. The van der Waals surface area contributed by atoms with E-state index in [1.165, 1.54) is 38.5 Å². The van der Waals surface area contributed by atoms with Crippen molar-refractivity contribution in [2.75, 3.05) is 6.54 Å². The highest BCUT2D eigenvalue weighted by molar-refractivity contribution is 5.39. The molecule has 1 aromatic rings. The van der Waals surface area contributed by atoms with Gasteiger partial charge in [-0.15, -0.1) is 0 Å². The molecule has 18 heavy (non-hydrogen) atoms. The van der Waals surface area contributed by atoms with E-state index < -0.39 is 0 Å². The van der Waals surface area contributed by atoms with Gasteiger partial charge in [0.05, 0.1) is 12.6 Å². The summed E-state index contributed by atoms with van der Waals surface area (Å²) in [6.07, 6.45) is 8.01. The maximum absolute atomic E-state index is 6.06. The van der Waals surface area contributed by atoms with Gasteiger partial charge in [0.1, 0.15) is 5.75 Å². The van der Waals surface area contributed by atoms with Crippen LogP contribution < -0.4 is 10.5 Å². The molecule has 0 unspecified atom stereocenters. The molecule has 0 amide bonds. The van der Waals surface area contributed by atoms with Crippen LogP contribution in [0.3, 0.4) is 0 Å². The minimum absolute atomic E-state index is 0.380. The zero-order valence-corrected chi connectivity index (χ0v) is 10.8. The average Bonchev–Trinajstić information content (AvgIpc) is 2.65. The molecule has 0 bridgehead atoms. The molecular weight excluding hydrogens is 222 g/mol. The van der Waals surface area contributed by atoms with Crippen molar-refractivity contribution in [1.82, 2.24) is 0 Å². The summed E-state index contributed by atoms with van der Waals surface area (Å²) in [4.78, 5) is 0. The molecule has 1 fully saturated rings. The van der Waals surface area contributed by atoms with Gasteiger partial charge in [0.25, 0.3) is 0 Å². The van der Waals surface area contributed by atoms with Crippen molar-refractivity contribution in [3.05, 3.63) is 29.8 Å². The number of hydrogen-bond acceptors (Lipinski definition) is 2. The van der Waals surface area contributed by atoms with Gasteiger partial charge >= 0.3 is 0 Å². The van der Waals surface area contributed by atoms with Crippen LogP contribution in [0.4, 0.5) is 0 Å². The van der Waals surface area contributed by atoms with Crippen molar-refractivity contribution in [2.24, 2.45) is 5.73 Å². The highest BCUT2D eigenvalue weighted by Crippen LogP contribution is 2.23. The summed E-state index contributed by atoms with van der Waals surface area (Å²) in [7, 11) is 0. The molecule has 0 aliphatic heterocycles. The third kappa shape index (κ3) is 4.09. The van der Waals surface area contributed by atoms with Gasteiger partial charge in [-0.25, -0.2) is 0 Å². The lowest BCUT2D eigenvalue weighted by molar-refractivity contribution is 0.183. The van der Waals surface area contributed by atoms with Crippen LogP contribution in [0.2, 0.25) is 0 Å². The molecule has 0 heterocycles. The Morgan fingerprint density at radius 3 is 2.67 bits per heavy atom. The van der Waals surface area contributed by atoms with Gasteiger partial charge in [-0.1, -0.05) is 30.7 Å². The summed E-state index contributed by atoms with van der Waals surface area (Å²) in [5.41, 5.74) is 6.35. The minimum Gasteiger partial charge on any atom is -0.490 e. The van der Waals surface area contributed by atoms with Crippen LogP contribution in [0.1, 0.15) is 44.1 Å². The summed E-state index contributed by atoms with van der Waals surface area (Å²) >= 11 is 0. The largest absolute Gasteiger partial charge is 0.490 e. The third-order valence-electron chi connectivity index (χ3n) is 3.27. The van der Waals surface area contributed by atoms with Crippen LogP contribution in [0, 0.1) is 11.8 Å². The minimum atomic E-state index is 0.380. The molecule has 2 heteroatoms. The van der Waals surface area contributed by atoms with Crippen LogP contribution >= 0.6 is 0 Å². The normalized spacial score (nSPS) is 16.5. The first-order chi connectivity index (χ1) is 8.88. The Kier molecular flexibility index (Phi) is 5.11. The van der Waals surface area contributed by atoms with Crippen molar-refractivity contribution >= 4 is 0 Å². The van der Waals surface area contributed by atoms with Crippen molar-refractivity contribution < 1.29 is 4.74 Å². The molecule has 2 N–H and O–H groups in total. The van der Waals surface area contributed by atoms with Crippen molar-refractivity contribution in [2.45, 2.75) is 44.6 Å². The SMILES string of the molecule is NCC#Cc1cccc(OC2CCCCCC2)c1. The van der Waals surface area contributed by atoms with Gasteiger partial charge < -0.3 is 10.5 Å². The molecule has 0 saturated heterocycles. The van der Waals surface area contributed by atoms with Crippen molar-refractivity contribution in [3.63, 3.8) is 0 Å². The Morgan fingerprint density at radius 1 is 1.17 bits per heavy atom. The maximum Gasteiger partial charge on any atom is 0.120 e. The Morgan fingerprint density at radius 2 is 1.94 bits per heavy atom. The standard InChI is InChI=1S/C16H21NO/c17-12-6-8-14-7-5-11-16(13-14)18-15-9-3-1-2-4-10-15/h5,7,11,13,15H,1-4,9-10,12,17H2. The van der Waals surface area contributed by atoms with E-state index in [4.69, 9.17) is 10.5 Å². The van der Waals surface area contributed by atoms with E-state index in [0.29, 0.717) is 12.6 Å². The molecule has 2 rings (SSSR count). The van der Waals surface area contributed by atoms with Crippen molar-refractivity contribution in [1.29, 1.82) is 0 Å². The van der Waals surface area contributed by atoms with E-state index in [1.807, 2.05) is 24.3 Å². The van der Waals surface area contributed by atoms with Crippen molar-refractivity contribution in [3.8, 4) is 17.6 Å². The van der Waals surface area contributed by atoms with E-state index in [-0.39, 0.29) is 0 Å². The monoisotopic (exact) mass is 243 g/mol. The molecule has 1 aliphatic rings. The molecule has 1 saturated carbocycles. The highest BCUT2D eigenvalue weighted by atomic mass is 16.5. The number of benzene rings is 1. The smallest absolute Gasteiger partial charge is 0.120 e. The highest BCUT2D eigenvalue weighted by Gasteiger charge is 2.13. The van der Waals surface area contributed by atoms with Crippen LogP contribution in [0.25, 0.3) is 0 Å². The molecular formula is C16H21NO. The summed E-state index contributed by atoms with van der Waals surface area (Å²) in [5.74, 6) is 6.84. The topological polar surface area (TPSA) is 35.2 Å². The lowest BCUT2D eigenvalue weighted by Crippen LogP contribution is -2.15. The predicted molar refractivity (Wildman–Crippen MR) is 74.5 cm³/mol. The Labute approximate surface area is 110 Å². The summed E-state index contributed by atoms with van der Waals surface area (Å²) in [5, 5.41) is 0. The molecule has 0 radical (unpaired) electrons. The molecule has 2 nitrogen and oxygen atoms in total. The van der Waals surface area contributed by atoms with E-state index in [0.717, 1.165) is 11.3 Å². The molecule has 1 aromatic carbocycles. The zero-order chi connectivity index (χ0) is 12.6.